The lowest BCUT2D eigenvalue weighted by atomic mass is 9.97. The molecule has 0 radical (unpaired) electrons. The Labute approximate surface area is 151 Å². The van der Waals surface area contributed by atoms with Crippen molar-refractivity contribution in [1.29, 1.82) is 0 Å². The van der Waals surface area contributed by atoms with Crippen molar-refractivity contribution in [2.75, 3.05) is 18.4 Å². The number of amides is 1. The van der Waals surface area contributed by atoms with Gasteiger partial charge >= 0.3 is 0 Å². The molecule has 3 rings (SSSR count). The number of sulfonamides is 1. The van der Waals surface area contributed by atoms with Crippen molar-refractivity contribution >= 4 is 32.4 Å². The Morgan fingerprint density at radius 1 is 1.28 bits per heavy atom. The molecule has 0 saturated carbocycles. The summed E-state index contributed by atoms with van der Waals surface area (Å²) in [6.45, 7) is 4.35. The molecule has 0 atom stereocenters. The first-order valence-corrected chi connectivity index (χ1v) is 10.3. The van der Waals surface area contributed by atoms with E-state index >= 15 is 0 Å². The molecule has 0 unspecified atom stereocenters. The number of aromatic nitrogens is 2. The summed E-state index contributed by atoms with van der Waals surface area (Å²) in [4.78, 5) is 12.6. The van der Waals surface area contributed by atoms with Gasteiger partial charge in [0.1, 0.15) is 5.51 Å². The second kappa shape index (κ2) is 7.19. The van der Waals surface area contributed by atoms with Crippen LogP contribution >= 0.6 is 11.3 Å². The lowest BCUT2D eigenvalue weighted by molar-refractivity contribution is -0.120. The summed E-state index contributed by atoms with van der Waals surface area (Å²) in [6, 6.07) is 5.43. The number of anilines is 1. The number of aryl methyl sites for hydroxylation is 2. The Morgan fingerprint density at radius 3 is 2.64 bits per heavy atom. The maximum Gasteiger partial charge on any atom is 0.243 e. The number of piperidine rings is 1. The topological polar surface area (TPSA) is 92.3 Å². The minimum Gasteiger partial charge on any atom is -0.300 e. The highest BCUT2D eigenvalue weighted by molar-refractivity contribution is 7.89. The molecule has 1 aromatic carbocycles. The van der Waals surface area contributed by atoms with Crippen molar-refractivity contribution in [3.05, 3.63) is 34.8 Å². The maximum atomic E-state index is 12.9. The zero-order valence-electron chi connectivity index (χ0n) is 14.1. The number of carbonyl (C=O) groups excluding carboxylic acids is 1. The zero-order chi connectivity index (χ0) is 18.0. The summed E-state index contributed by atoms with van der Waals surface area (Å²) in [7, 11) is -3.53. The van der Waals surface area contributed by atoms with Crippen LogP contribution in [0, 0.1) is 19.8 Å². The van der Waals surface area contributed by atoms with Crippen LogP contribution in [0.15, 0.2) is 28.6 Å². The molecule has 1 aliphatic rings. The number of carbonyl (C=O) groups is 1. The monoisotopic (exact) mass is 380 g/mol. The number of hydrogen-bond acceptors (Lipinski definition) is 6. The van der Waals surface area contributed by atoms with Crippen molar-refractivity contribution in [3.63, 3.8) is 0 Å². The summed E-state index contributed by atoms with van der Waals surface area (Å²) in [5.74, 6) is -0.338. The third-order valence-electron chi connectivity index (χ3n) is 4.38. The van der Waals surface area contributed by atoms with Crippen molar-refractivity contribution in [3.8, 4) is 0 Å². The van der Waals surface area contributed by atoms with E-state index in [1.165, 1.54) is 15.6 Å². The molecule has 1 saturated heterocycles. The minimum absolute atomic E-state index is 0.125. The van der Waals surface area contributed by atoms with E-state index < -0.39 is 10.0 Å². The van der Waals surface area contributed by atoms with Crippen molar-refractivity contribution in [1.82, 2.24) is 14.5 Å². The number of nitrogens with one attached hydrogen (secondary N) is 1. The Morgan fingerprint density at radius 2 is 2.00 bits per heavy atom. The predicted octanol–water partition coefficient (Wildman–Crippen LogP) is 2.19. The van der Waals surface area contributed by atoms with E-state index in [9.17, 15) is 13.2 Å². The molecule has 2 aromatic rings. The third kappa shape index (κ3) is 3.88. The van der Waals surface area contributed by atoms with E-state index in [0.717, 1.165) is 11.1 Å². The summed E-state index contributed by atoms with van der Waals surface area (Å²) in [6.07, 6.45) is 0.990. The van der Waals surface area contributed by atoms with Crippen LogP contribution in [0.1, 0.15) is 24.0 Å². The third-order valence-corrected chi connectivity index (χ3v) is 7.02. The van der Waals surface area contributed by atoms with Gasteiger partial charge < -0.3 is 5.32 Å². The highest BCUT2D eigenvalue weighted by Crippen LogP contribution is 2.27. The molecular formula is C16H20N4O3S2. The normalized spacial score (nSPS) is 16.7. The summed E-state index contributed by atoms with van der Waals surface area (Å²) in [5.41, 5.74) is 3.20. The second-order valence-electron chi connectivity index (χ2n) is 6.18. The molecule has 7 nitrogen and oxygen atoms in total. The summed E-state index contributed by atoms with van der Waals surface area (Å²) in [5, 5.41) is 10.7. The molecule has 9 heteroatoms. The van der Waals surface area contributed by atoms with Crippen LogP contribution in [0.2, 0.25) is 0 Å². The van der Waals surface area contributed by atoms with Crippen molar-refractivity contribution < 1.29 is 13.2 Å². The smallest absolute Gasteiger partial charge is 0.243 e. The first kappa shape index (κ1) is 18.0. The van der Waals surface area contributed by atoms with Gasteiger partial charge in [0, 0.05) is 19.0 Å². The zero-order valence-corrected chi connectivity index (χ0v) is 15.7. The summed E-state index contributed by atoms with van der Waals surface area (Å²) < 4.78 is 27.3. The van der Waals surface area contributed by atoms with E-state index in [1.807, 2.05) is 19.1 Å². The number of rotatable bonds is 4. The van der Waals surface area contributed by atoms with Gasteiger partial charge in [-0.25, -0.2) is 8.42 Å². The molecule has 2 heterocycles. The van der Waals surface area contributed by atoms with Crippen LogP contribution in [0.4, 0.5) is 5.13 Å². The molecule has 0 bridgehead atoms. The molecule has 134 valence electrons. The Kier molecular flexibility index (Phi) is 5.16. The van der Waals surface area contributed by atoms with Gasteiger partial charge in [-0.3, -0.25) is 4.79 Å². The van der Waals surface area contributed by atoms with Gasteiger partial charge in [-0.1, -0.05) is 23.5 Å². The lowest BCUT2D eigenvalue weighted by Gasteiger charge is -2.30. The average molecular weight is 380 g/mol. The molecule has 1 aromatic heterocycles. The van der Waals surface area contributed by atoms with E-state index in [4.69, 9.17) is 0 Å². The van der Waals surface area contributed by atoms with E-state index in [1.54, 1.807) is 18.5 Å². The van der Waals surface area contributed by atoms with Gasteiger partial charge in [0.2, 0.25) is 21.1 Å². The standard InChI is InChI=1S/C16H20N4O3S2/c1-11-3-4-12(2)14(9-11)25(22,23)20-7-5-13(6-8-20)15(21)18-16-19-17-10-24-16/h3-4,9-10,13H,5-8H2,1-2H3,(H,18,19,21). The maximum absolute atomic E-state index is 12.9. The van der Waals surface area contributed by atoms with Crippen LogP contribution in [0.5, 0.6) is 0 Å². The molecule has 1 aliphatic heterocycles. The van der Waals surface area contributed by atoms with Crippen LogP contribution in [0.25, 0.3) is 0 Å². The molecule has 1 fully saturated rings. The number of benzene rings is 1. The molecule has 1 N–H and O–H groups in total. The molecule has 25 heavy (non-hydrogen) atoms. The average Bonchev–Trinajstić information content (AvgIpc) is 3.10. The van der Waals surface area contributed by atoms with Crippen LogP contribution in [-0.2, 0) is 14.8 Å². The molecular weight excluding hydrogens is 360 g/mol. The first-order valence-electron chi connectivity index (χ1n) is 8.02. The first-order chi connectivity index (χ1) is 11.9. The number of nitrogens with zero attached hydrogens (tertiary/aromatic N) is 3. The van der Waals surface area contributed by atoms with Gasteiger partial charge in [-0.15, -0.1) is 10.2 Å². The molecule has 0 aliphatic carbocycles. The van der Waals surface area contributed by atoms with Gasteiger partial charge in [0.25, 0.3) is 0 Å². The SMILES string of the molecule is Cc1ccc(C)c(S(=O)(=O)N2CCC(C(=O)Nc3nncs3)CC2)c1. The van der Waals surface area contributed by atoms with E-state index in [0.29, 0.717) is 36.0 Å². The second-order valence-corrected chi connectivity index (χ2v) is 8.92. The quantitative estimate of drug-likeness (QED) is 0.878. The predicted molar refractivity (Wildman–Crippen MR) is 95.9 cm³/mol. The van der Waals surface area contributed by atoms with Gasteiger partial charge in [-0.2, -0.15) is 4.31 Å². The fourth-order valence-corrected chi connectivity index (χ4v) is 5.15. The fourth-order valence-electron chi connectivity index (χ4n) is 2.92. The largest absolute Gasteiger partial charge is 0.300 e. The Hall–Kier alpha value is -1.84. The summed E-state index contributed by atoms with van der Waals surface area (Å²) >= 11 is 1.26. The molecule has 0 spiro atoms. The lowest BCUT2D eigenvalue weighted by Crippen LogP contribution is -2.41. The van der Waals surface area contributed by atoms with Crippen LogP contribution in [-0.4, -0.2) is 41.9 Å². The highest BCUT2D eigenvalue weighted by atomic mass is 32.2. The Balaban J connectivity index is 1.67. The van der Waals surface area contributed by atoms with Crippen molar-refractivity contribution in [2.45, 2.75) is 31.6 Å². The van der Waals surface area contributed by atoms with E-state index in [2.05, 4.69) is 15.5 Å². The van der Waals surface area contributed by atoms with Crippen LogP contribution < -0.4 is 5.32 Å². The van der Waals surface area contributed by atoms with Gasteiger partial charge in [0.15, 0.2) is 0 Å². The number of hydrogen-bond donors (Lipinski definition) is 1. The van der Waals surface area contributed by atoms with Gasteiger partial charge in [0.05, 0.1) is 4.90 Å². The highest BCUT2D eigenvalue weighted by Gasteiger charge is 2.33. The Bertz CT molecular complexity index is 858. The molecule has 1 amide bonds. The van der Waals surface area contributed by atoms with Gasteiger partial charge in [-0.05, 0) is 43.9 Å². The van der Waals surface area contributed by atoms with Crippen molar-refractivity contribution in [2.24, 2.45) is 5.92 Å². The fraction of sp³-hybridized carbons (Fsp3) is 0.438. The van der Waals surface area contributed by atoms with Crippen LogP contribution in [0.3, 0.4) is 0 Å². The minimum atomic E-state index is -3.53. The van der Waals surface area contributed by atoms with E-state index in [-0.39, 0.29) is 11.8 Å².